The van der Waals surface area contributed by atoms with Crippen molar-refractivity contribution in [1.82, 2.24) is 4.31 Å². The average Bonchev–Trinajstić information content (AvgIpc) is 2.93. The van der Waals surface area contributed by atoms with E-state index in [9.17, 15) is 8.42 Å². The Morgan fingerprint density at radius 3 is 2.65 bits per heavy atom. The maximum Gasteiger partial charge on any atom is 0.218 e. The van der Waals surface area contributed by atoms with Crippen molar-refractivity contribution in [2.45, 2.75) is 24.3 Å². The fourth-order valence-electron chi connectivity index (χ4n) is 2.72. The van der Waals surface area contributed by atoms with Crippen LogP contribution in [0.15, 0.2) is 41.8 Å². The van der Waals surface area contributed by atoms with Crippen LogP contribution in [-0.2, 0) is 15.8 Å². The van der Waals surface area contributed by atoms with E-state index in [1.165, 1.54) is 4.88 Å². The van der Waals surface area contributed by atoms with Gasteiger partial charge in [-0.1, -0.05) is 35.9 Å². The molecule has 2 heterocycles. The molecule has 1 fully saturated rings. The minimum Gasteiger partial charge on any atom is -0.212 e. The van der Waals surface area contributed by atoms with Gasteiger partial charge in [-0.3, -0.25) is 0 Å². The summed E-state index contributed by atoms with van der Waals surface area (Å²) in [5.74, 6) is 0.956. The van der Waals surface area contributed by atoms with Gasteiger partial charge in [-0.05, 0) is 30.4 Å². The Hall–Kier alpha value is -0.820. The zero-order chi connectivity index (χ0) is 16.3. The van der Waals surface area contributed by atoms with Crippen molar-refractivity contribution < 1.29 is 8.42 Å². The van der Waals surface area contributed by atoms with E-state index in [1.807, 2.05) is 43.0 Å². The van der Waals surface area contributed by atoms with Crippen molar-refractivity contribution in [3.63, 3.8) is 0 Å². The average molecular weight is 368 g/mol. The monoisotopic (exact) mass is 367 g/mol. The van der Waals surface area contributed by atoms with Crippen molar-refractivity contribution in [3.8, 4) is 0 Å². The minimum atomic E-state index is -3.24. The molecule has 23 heavy (non-hydrogen) atoms. The molecule has 2 aromatic rings. The molecular formula is C17H21NO2S3. The highest BCUT2D eigenvalue weighted by molar-refractivity contribution is 7.99. The molecular weight excluding hydrogens is 346 g/mol. The Bertz CT molecular complexity index is 724. The highest BCUT2D eigenvalue weighted by Crippen LogP contribution is 2.37. The number of hydrogen-bond acceptors (Lipinski definition) is 4. The van der Waals surface area contributed by atoms with E-state index in [4.69, 9.17) is 0 Å². The minimum absolute atomic E-state index is 0.0988. The second-order valence-electron chi connectivity index (χ2n) is 5.80. The number of sulfonamides is 1. The molecule has 0 aliphatic carbocycles. The Balaban J connectivity index is 1.67. The molecule has 1 atom stereocenters. The van der Waals surface area contributed by atoms with Gasteiger partial charge in [0.25, 0.3) is 0 Å². The van der Waals surface area contributed by atoms with Crippen LogP contribution in [-0.4, -0.2) is 31.6 Å². The summed E-state index contributed by atoms with van der Waals surface area (Å²) >= 11 is 3.64. The number of nitrogens with zero attached hydrogens (tertiary/aromatic N) is 1. The molecule has 0 bridgehead atoms. The van der Waals surface area contributed by atoms with Crippen LogP contribution >= 0.6 is 23.1 Å². The highest BCUT2D eigenvalue weighted by atomic mass is 32.2. The molecule has 124 valence electrons. The van der Waals surface area contributed by atoms with Gasteiger partial charge in [0.2, 0.25) is 10.0 Å². The second kappa shape index (κ2) is 7.38. The lowest BCUT2D eigenvalue weighted by Gasteiger charge is -2.20. The molecule has 1 aliphatic rings. The lowest BCUT2D eigenvalue weighted by molar-refractivity contribution is 0.428. The third-order valence-corrected chi connectivity index (χ3v) is 8.32. The standard InChI is InChI=1S/C17H21NO2S3/c1-14-4-6-15(7-5-14)13-23(19,20)18-9-8-17(22-12-10-18)16-3-2-11-21-16/h2-7,11,17H,8-10,12-13H2,1H3. The van der Waals surface area contributed by atoms with Crippen molar-refractivity contribution in [2.24, 2.45) is 0 Å². The van der Waals surface area contributed by atoms with Crippen LogP contribution in [0.1, 0.15) is 27.7 Å². The van der Waals surface area contributed by atoms with Crippen LogP contribution in [0.4, 0.5) is 0 Å². The predicted octanol–water partition coefficient (Wildman–Crippen LogP) is 4.07. The van der Waals surface area contributed by atoms with E-state index in [-0.39, 0.29) is 5.75 Å². The van der Waals surface area contributed by atoms with Crippen molar-refractivity contribution in [2.75, 3.05) is 18.8 Å². The first-order valence-corrected chi connectivity index (χ1v) is 11.3. The largest absolute Gasteiger partial charge is 0.218 e. The van der Waals surface area contributed by atoms with E-state index in [0.717, 1.165) is 23.3 Å². The molecule has 3 rings (SSSR count). The van der Waals surface area contributed by atoms with Crippen molar-refractivity contribution >= 4 is 33.1 Å². The first-order valence-electron chi connectivity index (χ1n) is 7.73. The quantitative estimate of drug-likeness (QED) is 0.817. The van der Waals surface area contributed by atoms with Crippen LogP contribution in [0.3, 0.4) is 0 Å². The van der Waals surface area contributed by atoms with Crippen LogP contribution in [0.5, 0.6) is 0 Å². The zero-order valence-corrected chi connectivity index (χ0v) is 15.6. The molecule has 6 heteroatoms. The van der Waals surface area contributed by atoms with Gasteiger partial charge in [0.05, 0.1) is 5.75 Å². The number of aryl methyl sites for hydroxylation is 1. The summed E-state index contributed by atoms with van der Waals surface area (Å²) in [6, 6.07) is 12.0. The molecule has 0 radical (unpaired) electrons. The summed E-state index contributed by atoms with van der Waals surface area (Å²) in [6.45, 7) is 3.24. The van der Waals surface area contributed by atoms with Gasteiger partial charge < -0.3 is 0 Å². The maximum absolute atomic E-state index is 12.7. The molecule has 3 nitrogen and oxygen atoms in total. The Morgan fingerprint density at radius 2 is 1.96 bits per heavy atom. The maximum atomic E-state index is 12.7. The molecule has 0 saturated carbocycles. The molecule has 1 aliphatic heterocycles. The molecule has 1 saturated heterocycles. The molecule has 1 aromatic heterocycles. The summed E-state index contributed by atoms with van der Waals surface area (Å²) in [5.41, 5.74) is 2.01. The predicted molar refractivity (Wildman–Crippen MR) is 99.5 cm³/mol. The Labute approximate surface area is 146 Å². The SMILES string of the molecule is Cc1ccc(CS(=O)(=O)N2CCSC(c3cccs3)CC2)cc1. The molecule has 1 aromatic carbocycles. The van der Waals surface area contributed by atoms with Crippen molar-refractivity contribution in [3.05, 3.63) is 57.8 Å². The van der Waals surface area contributed by atoms with Gasteiger partial charge in [-0.15, -0.1) is 11.3 Å². The molecule has 0 amide bonds. The van der Waals surface area contributed by atoms with Gasteiger partial charge in [-0.25, -0.2) is 12.7 Å². The van der Waals surface area contributed by atoms with Crippen molar-refractivity contribution in [1.29, 1.82) is 0 Å². The Kier molecular flexibility index (Phi) is 5.46. The summed E-state index contributed by atoms with van der Waals surface area (Å²) in [6.07, 6.45) is 0.887. The number of rotatable bonds is 4. The van der Waals surface area contributed by atoms with E-state index >= 15 is 0 Å². The molecule has 0 spiro atoms. The third-order valence-electron chi connectivity index (χ3n) is 4.02. The summed E-state index contributed by atoms with van der Waals surface area (Å²) in [4.78, 5) is 1.35. The topological polar surface area (TPSA) is 37.4 Å². The van der Waals surface area contributed by atoms with Gasteiger partial charge in [0.1, 0.15) is 0 Å². The lowest BCUT2D eigenvalue weighted by Crippen LogP contribution is -2.34. The summed E-state index contributed by atoms with van der Waals surface area (Å²) in [5, 5.41) is 2.52. The zero-order valence-electron chi connectivity index (χ0n) is 13.1. The molecule has 1 unspecified atom stereocenters. The number of thioether (sulfide) groups is 1. The second-order valence-corrected chi connectivity index (χ2v) is 10.1. The van der Waals surface area contributed by atoms with E-state index < -0.39 is 10.0 Å². The van der Waals surface area contributed by atoms with Gasteiger partial charge in [0, 0.05) is 29.0 Å². The lowest BCUT2D eigenvalue weighted by atomic mass is 10.2. The Morgan fingerprint density at radius 1 is 1.17 bits per heavy atom. The third kappa shape index (κ3) is 4.38. The van der Waals surface area contributed by atoms with Crippen LogP contribution in [0.25, 0.3) is 0 Å². The number of benzene rings is 1. The van der Waals surface area contributed by atoms with Gasteiger partial charge >= 0.3 is 0 Å². The number of thiophene rings is 1. The fraction of sp³-hybridized carbons (Fsp3) is 0.412. The van der Waals surface area contributed by atoms with Crippen LogP contribution in [0, 0.1) is 6.92 Å². The summed E-state index contributed by atoms with van der Waals surface area (Å²) < 4.78 is 27.1. The van der Waals surface area contributed by atoms with Crippen LogP contribution in [0.2, 0.25) is 0 Å². The van der Waals surface area contributed by atoms with E-state index in [1.54, 1.807) is 15.6 Å². The van der Waals surface area contributed by atoms with E-state index in [2.05, 4.69) is 17.5 Å². The smallest absolute Gasteiger partial charge is 0.212 e. The van der Waals surface area contributed by atoms with E-state index in [0.29, 0.717) is 18.3 Å². The van der Waals surface area contributed by atoms with Gasteiger partial charge in [0.15, 0.2) is 0 Å². The highest BCUT2D eigenvalue weighted by Gasteiger charge is 2.27. The van der Waals surface area contributed by atoms with Gasteiger partial charge in [-0.2, -0.15) is 11.8 Å². The fourth-order valence-corrected chi connectivity index (χ4v) is 6.62. The van der Waals surface area contributed by atoms with Crippen LogP contribution < -0.4 is 0 Å². The normalized spacial score (nSPS) is 20.3. The summed E-state index contributed by atoms with van der Waals surface area (Å²) in [7, 11) is -3.24. The first-order chi connectivity index (χ1) is 11.0. The molecule has 0 N–H and O–H groups in total. The number of hydrogen-bond donors (Lipinski definition) is 0. The first kappa shape index (κ1) is 17.0.